The number of nitrogens with two attached hydrogens (primary N) is 1. The van der Waals surface area contributed by atoms with Crippen molar-refractivity contribution >= 4 is 0 Å². The van der Waals surface area contributed by atoms with Crippen molar-refractivity contribution in [3.63, 3.8) is 0 Å². The number of nitrogens with zero attached hydrogens (tertiary/aromatic N) is 3. The molecule has 0 aliphatic heterocycles. The minimum atomic E-state index is 0.306. The van der Waals surface area contributed by atoms with Crippen molar-refractivity contribution in [1.29, 1.82) is 0 Å². The van der Waals surface area contributed by atoms with Crippen LogP contribution in [0.4, 0.5) is 0 Å². The van der Waals surface area contributed by atoms with E-state index in [9.17, 15) is 0 Å². The van der Waals surface area contributed by atoms with Crippen LogP contribution in [-0.4, -0.2) is 34.5 Å². The number of hydrogen-bond acceptors (Lipinski definition) is 4. The summed E-state index contributed by atoms with van der Waals surface area (Å²) < 4.78 is 0. The number of aromatic nitrogens is 2. The molecule has 1 aliphatic carbocycles. The highest BCUT2D eigenvalue weighted by molar-refractivity contribution is 5.02. The minimum absolute atomic E-state index is 0.306. The predicted molar refractivity (Wildman–Crippen MR) is 68.4 cm³/mol. The van der Waals surface area contributed by atoms with E-state index in [2.05, 4.69) is 28.8 Å². The minimum Gasteiger partial charge on any atom is -0.330 e. The smallest absolute Gasteiger partial charge is 0.0755 e. The SMILES string of the molecule is CC(c1cnccn1)N(C)C1CCCC1CN. The van der Waals surface area contributed by atoms with Crippen molar-refractivity contribution in [3.8, 4) is 0 Å². The van der Waals surface area contributed by atoms with E-state index in [1.54, 1.807) is 12.4 Å². The van der Waals surface area contributed by atoms with Crippen LogP contribution in [0, 0.1) is 5.92 Å². The van der Waals surface area contributed by atoms with Gasteiger partial charge >= 0.3 is 0 Å². The molecule has 0 aromatic carbocycles. The third kappa shape index (κ3) is 2.64. The summed E-state index contributed by atoms with van der Waals surface area (Å²) in [6, 6.07) is 0.901. The van der Waals surface area contributed by atoms with Crippen LogP contribution < -0.4 is 5.73 Å². The van der Waals surface area contributed by atoms with Crippen LogP contribution >= 0.6 is 0 Å². The maximum atomic E-state index is 5.85. The molecular formula is C13H22N4. The molecule has 2 N–H and O–H groups in total. The molecule has 1 heterocycles. The van der Waals surface area contributed by atoms with Gasteiger partial charge in [0.25, 0.3) is 0 Å². The molecule has 1 saturated carbocycles. The Hall–Kier alpha value is -1.00. The van der Waals surface area contributed by atoms with Gasteiger partial charge in [-0.25, -0.2) is 0 Å². The van der Waals surface area contributed by atoms with E-state index >= 15 is 0 Å². The molecule has 4 nitrogen and oxygen atoms in total. The van der Waals surface area contributed by atoms with Crippen molar-refractivity contribution in [1.82, 2.24) is 14.9 Å². The van der Waals surface area contributed by atoms with Crippen LogP contribution in [0.3, 0.4) is 0 Å². The van der Waals surface area contributed by atoms with Crippen molar-refractivity contribution in [2.75, 3.05) is 13.6 Å². The Morgan fingerprint density at radius 2 is 2.29 bits per heavy atom. The Morgan fingerprint density at radius 3 is 2.94 bits per heavy atom. The van der Waals surface area contributed by atoms with Gasteiger partial charge in [-0.2, -0.15) is 0 Å². The van der Waals surface area contributed by atoms with E-state index in [4.69, 9.17) is 5.73 Å². The van der Waals surface area contributed by atoms with E-state index in [0.717, 1.165) is 12.2 Å². The standard InChI is InChI=1S/C13H22N4/c1-10(12-9-15-6-7-16-12)17(2)13-5-3-4-11(13)8-14/h6-7,9-11,13H,3-5,8,14H2,1-2H3. The lowest BCUT2D eigenvalue weighted by atomic mass is 10.0. The highest BCUT2D eigenvalue weighted by atomic mass is 15.2. The Bertz CT molecular complexity index is 341. The molecule has 0 amide bonds. The molecular weight excluding hydrogens is 212 g/mol. The van der Waals surface area contributed by atoms with Crippen molar-refractivity contribution in [3.05, 3.63) is 24.3 Å². The first-order valence-corrected chi connectivity index (χ1v) is 6.42. The van der Waals surface area contributed by atoms with Gasteiger partial charge in [0.1, 0.15) is 0 Å². The Labute approximate surface area is 103 Å². The Kier molecular flexibility index (Phi) is 4.07. The van der Waals surface area contributed by atoms with Crippen molar-refractivity contribution < 1.29 is 0 Å². The maximum absolute atomic E-state index is 5.85. The summed E-state index contributed by atoms with van der Waals surface area (Å²) >= 11 is 0. The van der Waals surface area contributed by atoms with E-state index in [1.165, 1.54) is 19.3 Å². The van der Waals surface area contributed by atoms with Gasteiger partial charge in [-0.3, -0.25) is 14.9 Å². The highest BCUT2D eigenvalue weighted by Gasteiger charge is 2.32. The number of rotatable bonds is 4. The largest absolute Gasteiger partial charge is 0.330 e. The van der Waals surface area contributed by atoms with Gasteiger partial charge in [-0.15, -0.1) is 0 Å². The van der Waals surface area contributed by atoms with Gasteiger partial charge in [0, 0.05) is 24.6 Å². The predicted octanol–water partition coefficient (Wildman–Crippen LogP) is 1.60. The maximum Gasteiger partial charge on any atom is 0.0755 e. The third-order valence-electron chi connectivity index (χ3n) is 4.07. The lowest BCUT2D eigenvalue weighted by Crippen LogP contribution is -2.39. The number of hydrogen-bond donors (Lipinski definition) is 1. The Balaban J connectivity index is 2.07. The molecule has 1 aliphatic rings. The fourth-order valence-electron chi connectivity index (χ4n) is 2.85. The zero-order chi connectivity index (χ0) is 12.3. The van der Waals surface area contributed by atoms with Crippen LogP contribution in [0.15, 0.2) is 18.6 Å². The average Bonchev–Trinajstić information content (AvgIpc) is 2.86. The van der Waals surface area contributed by atoms with Crippen molar-refractivity contribution in [2.24, 2.45) is 11.7 Å². The topological polar surface area (TPSA) is 55.0 Å². The third-order valence-corrected chi connectivity index (χ3v) is 4.07. The fourth-order valence-corrected chi connectivity index (χ4v) is 2.85. The highest BCUT2D eigenvalue weighted by Crippen LogP contribution is 2.32. The lowest BCUT2D eigenvalue weighted by Gasteiger charge is -2.33. The second-order valence-corrected chi connectivity index (χ2v) is 4.97. The van der Waals surface area contributed by atoms with Crippen LogP contribution in [0.5, 0.6) is 0 Å². The molecule has 3 unspecified atom stereocenters. The van der Waals surface area contributed by atoms with Gasteiger partial charge in [-0.05, 0) is 39.3 Å². The molecule has 1 aromatic rings. The molecule has 0 bridgehead atoms. The molecule has 94 valence electrons. The first-order valence-electron chi connectivity index (χ1n) is 6.42. The van der Waals surface area contributed by atoms with Gasteiger partial charge in [0.15, 0.2) is 0 Å². The van der Waals surface area contributed by atoms with E-state index in [0.29, 0.717) is 18.0 Å². The second-order valence-electron chi connectivity index (χ2n) is 4.97. The average molecular weight is 234 g/mol. The monoisotopic (exact) mass is 234 g/mol. The molecule has 0 radical (unpaired) electrons. The molecule has 4 heteroatoms. The molecule has 0 spiro atoms. The van der Waals surface area contributed by atoms with Crippen LogP contribution in [0.25, 0.3) is 0 Å². The fraction of sp³-hybridized carbons (Fsp3) is 0.692. The first-order chi connectivity index (χ1) is 8.24. The zero-order valence-corrected chi connectivity index (χ0v) is 10.7. The summed E-state index contributed by atoms with van der Waals surface area (Å²) in [6.07, 6.45) is 9.14. The summed E-state index contributed by atoms with van der Waals surface area (Å²) in [4.78, 5) is 10.9. The normalized spacial score (nSPS) is 26.4. The van der Waals surface area contributed by atoms with Crippen molar-refractivity contribution in [2.45, 2.75) is 38.3 Å². The van der Waals surface area contributed by atoms with Crippen LogP contribution in [0.2, 0.25) is 0 Å². The summed E-state index contributed by atoms with van der Waals surface area (Å²) in [7, 11) is 2.18. The second kappa shape index (κ2) is 5.56. The molecule has 3 atom stereocenters. The van der Waals surface area contributed by atoms with Gasteiger partial charge in [-0.1, -0.05) is 6.42 Å². The molecule has 0 saturated heterocycles. The van der Waals surface area contributed by atoms with Crippen LogP contribution in [-0.2, 0) is 0 Å². The summed E-state index contributed by atoms with van der Waals surface area (Å²) in [5, 5.41) is 0. The lowest BCUT2D eigenvalue weighted by molar-refractivity contribution is 0.149. The van der Waals surface area contributed by atoms with Gasteiger partial charge < -0.3 is 5.73 Å². The molecule has 1 aromatic heterocycles. The van der Waals surface area contributed by atoms with E-state index in [-0.39, 0.29) is 0 Å². The quantitative estimate of drug-likeness (QED) is 0.859. The van der Waals surface area contributed by atoms with Gasteiger partial charge in [0.2, 0.25) is 0 Å². The first kappa shape index (κ1) is 12.5. The molecule has 17 heavy (non-hydrogen) atoms. The van der Waals surface area contributed by atoms with E-state index < -0.39 is 0 Å². The van der Waals surface area contributed by atoms with Gasteiger partial charge in [0.05, 0.1) is 11.7 Å². The summed E-state index contributed by atoms with van der Waals surface area (Å²) in [5.74, 6) is 0.638. The zero-order valence-electron chi connectivity index (χ0n) is 10.7. The van der Waals surface area contributed by atoms with Crippen LogP contribution in [0.1, 0.15) is 37.9 Å². The molecule has 2 rings (SSSR count). The Morgan fingerprint density at radius 1 is 1.47 bits per heavy atom. The summed E-state index contributed by atoms with van der Waals surface area (Å²) in [5.41, 5.74) is 6.89. The van der Waals surface area contributed by atoms with E-state index in [1.807, 2.05) is 6.20 Å². The summed E-state index contributed by atoms with van der Waals surface area (Å²) in [6.45, 7) is 2.98. The molecule has 1 fully saturated rings.